The summed E-state index contributed by atoms with van der Waals surface area (Å²) >= 11 is 0. The van der Waals surface area contributed by atoms with Crippen molar-refractivity contribution in [1.82, 2.24) is 25.3 Å². The fourth-order valence-electron chi connectivity index (χ4n) is 3.22. The molecule has 0 fully saturated rings. The first-order chi connectivity index (χ1) is 11.8. The maximum absolute atomic E-state index is 4.73. The van der Waals surface area contributed by atoms with Crippen LogP contribution in [-0.4, -0.2) is 58.9 Å². The van der Waals surface area contributed by atoms with E-state index >= 15 is 0 Å². The van der Waals surface area contributed by atoms with Crippen molar-refractivity contribution in [2.75, 3.05) is 26.2 Å². The minimum absolute atomic E-state index is 0. The number of aryl methyl sites for hydroxylation is 2. The lowest BCUT2D eigenvalue weighted by Crippen LogP contribution is -2.41. The zero-order valence-electron chi connectivity index (χ0n) is 17.9. The second-order valence-electron chi connectivity index (χ2n) is 7.14. The number of guanidine groups is 1. The summed E-state index contributed by atoms with van der Waals surface area (Å²) in [6.07, 6.45) is 0.958. The lowest BCUT2D eigenvalue weighted by atomic mass is 10.1. The molecule has 0 aliphatic heterocycles. The van der Waals surface area contributed by atoms with Crippen molar-refractivity contribution in [3.05, 3.63) is 17.0 Å². The van der Waals surface area contributed by atoms with Gasteiger partial charge in [-0.3, -0.25) is 14.6 Å². The summed E-state index contributed by atoms with van der Waals surface area (Å²) in [6, 6.07) is 1.09. The molecule has 26 heavy (non-hydrogen) atoms. The van der Waals surface area contributed by atoms with Gasteiger partial charge in [0.05, 0.1) is 12.2 Å². The van der Waals surface area contributed by atoms with Gasteiger partial charge in [0.15, 0.2) is 5.96 Å². The minimum atomic E-state index is 0. The Morgan fingerprint density at radius 1 is 1.15 bits per heavy atom. The third-order valence-electron chi connectivity index (χ3n) is 4.63. The first-order valence-electron chi connectivity index (χ1n) is 9.54. The van der Waals surface area contributed by atoms with Crippen molar-refractivity contribution in [2.24, 2.45) is 12.0 Å². The number of hydrogen-bond donors (Lipinski definition) is 2. The van der Waals surface area contributed by atoms with Crippen LogP contribution in [0.1, 0.15) is 51.6 Å². The molecule has 1 rings (SSSR count). The standard InChI is InChI=1S/C19H38N6.HI/c1-9-20-19(22-12-13-25(14(2)3)15(4)5)21-11-10-18-16(6)23-24(8)17(18)7;/h14-15H,9-13H2,1-8H3,(H2,20,21,22);1H. The number of nitrogens with zero attached hydrogens (tertiary/aromatic N) is 4. The Hall–Kier alpha value is -0.830. The highest BCUT2D eigenvalue weighted by Crippen LogP contribution is 2.11. The molecule has 2 N–H and O–H groups in total. The SMILES string of the molecule is CCNC(=NCCN(C(C)C)C(C)C)NCCc1c(C)nn(C)c1C.I. The van der Waals surface area contributed by atoms with Gasteiger partial charge in [-0.05, 0) is 60.5 Å². The maximum atomic E-state index is 4.73. The molecule has 0 aliphatic rings. The van der Waals surface area contributed by atoms with Crippen molar-refractivity contribution >= 4 is 29.9 Å². The predicted octanol–water partition coefficient (Wildman–Crippen LogP) is 2.87. The Balaban J connectivity index is 0.00000625. The van der Waals surface area contributed by atoms with Crippen LogP contribution in [0.25, 0.3) is 0 Å². The molecular formula is C19H39IN6. The molecular weight excluding hydrogens is 439 g/mol. The minimum Gasteiger partial charge on any atom is -0.357 e. The summed E-state index contributed by atoms with van der Waals surface area (Å²) in [5, 5.41) is 11.3. The van der Waals surface area contributed by atoms with Crippen LogP contribution in [0.3, 0.4) is 0 Å². The number of aromatic nitrogens is 2. The molecule has 0 amide bonds. The normalized spacial score (nSPS) is 12.0. The van der Waals surface area contributed by atoms with E-state index < -0.39 is 0 Å². The molecule has 0 saturated heterocycles. The molecule has 1 heterocycles. The van der Waals surface area contributed by atoms with Crippen LogP contribution in [-0.2, 0) is 13.5 Å². The van der Waals surface area contributed by atoms with Crippen LogP contribution < -0.4 is 10.6 Å². The number of nitrogens with one attached hydrogen (secondary N) is 2. The van der Waals surface area contributed by atoms with Crippen LogP contribution in [0, 0.1) is 13.8 Å². The number of hydrogen-bond acceptors (Lipinski definition) is 3. The fourth-order valence-corrected chi connectivity index (χ4v) is 3.22. The van der Waals surface area contributed by atoms with E-state index in [2.05, 4.69) is 69.1 Å². The third-order valence-corrected chi connectivity index (χ3v) is 4.63. The smallest absolute Gasteiger partial charge is 0.191 e. The van der Waals surface area contributed by atoms with Crippen molar-refractivity contribution in [3.63, 3.8) is 0 Å². The zero-order valence-corrected chi connectivity index (χ0v) is 20.2. The Morgan fingerprint density at radius 3 is 2.23 bits per heavy atom. The van der Waals surface area contributed by atoms with Crippen LogP contribution in [0.2, 0.25) is 0 Å². The highest BCUT2D eigenvalue weighted by molar-refractivity contribution is 14.0. The molecule has 0 spiro atoms. The van der Waals surface area contributed by atoms with Gasteiger partial charge in [-0.25, -0.2) is 0 Å². The highest BCUT2D eigenvalue weighted by Gasteiger charge is 2.12. The van der Waals surface area contributed by atoms with E-state index in [4.69, 9.17) is 4.99 Å². The van der Waals surface area contributed by atoms with Crippen molar-refractivity contribution in [1.29, 1.82) is 0 Å². The average molecular weight is 478 g/mol. The summed E-state index contributed by atoms with van der Waals surface area (Å²) in [5.41, 5.74) is 3.69. The second-order valence-corrected chi connectivity index (χ2v) is 7.14. The Morgan fingerprint density at radius 2 is 1.77 bits per heavy atom. The van der Waals surface area contributed by atoms with Crippen LogP contribution in [0.4, 0.5) is 0 Å². The number of rotatable bonds is 9. The van der Waals surface area contributed by atoms with Crippen molar-refractivity contribution in [3.8, 4) is 0 Å². The molecule has 7 heteroatoms. The maximum Gasteiger partial charge on any atom is 0.191 e. The molecule has 0 atom stereocenters. The van der Waals surface area contributed by atoms with Gasteiger partial charge in [0.1, 0.15) is 0 Å². The Bertz CT molecular complexity index is 542. The predicted molar refractivity (Wildman–Crippen MR) is 123 cm³/mol. The van der Waals surface area contributed by atoms with Crippen LogP contribution in [0.5, 0.6) is 0 Å². The molecule has 0 aromatic carbocycles. The van der Waals surface area contributed by atoms with Gasteiger partial charge in [-0.1, -0.05) is 0 Å². The molecule has 0 radical (unpaired) electrons. The van der Waals surface area contributed by atoms with E-state index in [1.807, 2.05) is 11.7 Å². The van der Waals surface area contributed by atoms with Gasteiger partial charge >= 0.3 is 0 Å². The molecule has 0 bridgehead atoms. The van der Waals surface area contributed by atoms with Gasteiger partial charge in [0.25, 0.3) is 0 Å². The highest BCUT2D eigenvalue weighted by atomic mass is 127. The Labute approximate surface area is 177 Å². The van der Waals surface area contributed by atoms with Crippen molar-refractivity contribution < 1.29 is 0 Å². The molecule has 0 saturated carbocycles. The van der Waals surface area contributed by atoms with E-state index in [-0.39, 0.29) is 24.0 Å². The van der Waals surface area contributed by atoms with Gasteiger partial charge in [0, 0.05) is 44.5 Å². The molecule has 0 unspecified atom stereocenters. The second kappa shape index (κ2) is 12.5. The molecule has 6 nitrogen and oxygen atoms in total. The third kappa shape index (κ3) is 7.82. The summed E-state index contributed by atoms with van der Waals surface area (Å²) in [5.74, 6) is 0.897. The van der Waals surface area contributed by atoms with E-state index in [0.29, 0.717) is 12.1 Å². The van der Waals surface area contributed by atoms with Crippen LogP contribution >= 0.6 is 24.0 Å². The molecule has 1 aromatic rings. The molecule has 0 aliphatic carbocycles. The lowest BCUT2D eigenvalue weighted by Gasteiger charge is -2.29. The Kier molecular flexibility index (Phi) is 12.1. The summed E-state index contributed by atoms with van der Waals surface area (Å²) < 4.78 is 1.95. The van der Waals surface area contributed by atoms with Crippen molar-refractivity contribution in [2.45, 2.75) is 67.0 Å². The lowest BCUT2D eigenvalue weighted by molar-refractivity contribution is 0.181. The van der Waals surface area contributed by atoms with Gasteiger partial charge < -0.3 is 10.6 Å². The first kappa shape index (κ1) is 25.2. The van der Waals surface area contributed by atoms with Gasteiger partial charge in [-0.2, -0.15) is 5.10 Å². The number of aliphatic imine (C=N–C) groups is 1. The fraction of sp³-hybridized carbons (Fsp3) is 0.789. The first-order valence-corrected chi connectivity index (χ1v) is 9.54. The summed E-state index contributed by atoms with van der Waals surface area (Å²) in [7, 11) is 2.00. The average Bonchev–Trinajstić information content (AvgIpc) is 2.76. The van der Waals surface area contributed by atoms with Crippen LogP contribution in [0.15, 0.2) is 4.99 Å². The topological polar surface area (TPSA) is 57.5 Å². The van der Waals surface area contributed by atoms with E-state index in [1.165, 1.54) is 11.3 Å². The summed E-state index contributed by atoms with van der Waals surface area (Å²) in [6.45, 7) is 18.8. The number of halogens is 1. The van der Waals surface area contributed by atoms with E-state index in [0.717, 1.165) is 44.3 Å². The van der Waals surface area contributed by atoms with Gasteiger partial charge in [0.2, 0.25) is 0 Å². The van der Waals surface area contributed by atoms with E-state index in [9.17, 15) is 0 Å². The largest absolute Gasteiger partial charge is 0.357 e. The van der Waals surface area contributed by atoms with E-state index in [1.54, 1.807) is 0 Å². The molecule has 152 valence electrons. The molecule has 1 aromatic heterocycles. The quantitative estimate of drug-likeness (QED) is 0.326. The monoisotopic (exact) mass is 478 g/mol. The zero-order chi connectivity index (χ0) is 19.0. The summed E-state index contributed by atoms with van der Waals surface area (Å²) in [4.78, 5) is 7.20. The van der Waals surface area contributed by atoms with Gasteiger partial charge in [-0.15, -0.1) is 24.0 Å².